The third-order valence-electron chi connectivity index (χ3n) is 5.01. The van der Waals surface area contributed by atoms with E-state index in [1.165, 1.54) is 6.07 Å². The van der Waals surface area contributed by atoms with Crippen LogP contribution >= 0.6 is 11.6 Å². The fraction of sp³-hybridized carbons (Fsp3) is 0.318. The van der Waals surface area contributed by atoms with Crippen molar-refractivity contribution in [2.75, 3.05) is 11.9 Å². The molecular formula is C22H21ClF3N3O3. The Morgan fingerprint density at radius 3 is 2.41 bits per heavy atom. The van der Waals surface area contributed by atoms with Crippen LogP contribution in [-0.4, -0.2) is 29.3 Å². The summed E-state index contributed by atoms with van der Waals surface area (Å²) in [6.45, 7) is 3.15. The monoisotopic (exact) mass is 467 g/mol. The van der Waals surface area contributed by atoms with Gasteiger partial charge in [-0.15, -0.1) is 0 Å². The minimum atomic E-state index is -4.70. The van der Waals surface area contributed by atoms with E-state index in [2.05, 4.69) is 10.6 Å². The number of hydrogen-bond donors (Lipinski definition) is 2. The number of benzene rings is 2. The van der Waals surface area contributed by atoms with Crippen LogP contribution in [-0.2, 0) is 21.3 Å². The second-order valence-electron chi connectivity index (χ2n) is 7.93. The molecule has 1 fully saturated rings. The van der Waals surface area contributed by atoms with Crippen LogP contribution in [0.5, 0.6) is 0 Å². The number of carbonyl (C=O) groups excluding carboxylic acids is 3. The standard InChI is InChI=1S/C22H21ClF3N3O3/c1-13(2)11-21(14-6-4-3-5-7-14)19(31)29(20(32)28-21)12-18(30)27-15-8-9-17(23)16(10-15)22(24,25)26/h3-10,13H,11-12H2,1-2H3,(H,27,30)(H,28,32). The van der Waals surface area contributed by atoms with Crippen LogP contribution in [0, 0.1) is 5.92 Å². The maximum atomic E-state index is 13.3. The topological polar surface area (TPSA) is 78.5 Å². The van der Waals surface area contributed by atoms with Gasteiger partial charge in [0.2, 0.25) is 5.91 Å². The number of nitrogens with one attached hydrogen (secondary N) is 2. The van der Waals surface area contributed by atoms with E-state index in [4.69, 9.17) is 11.6 Å². The third-order valence-corrected chi connectivity index (χ3v) is 5.34. The molecule has 1 aliphatic heterocycles. The minimum absolute atomic E-state index is 0.0445. The molecule has 4 amide bonds. The van der Waals surface area contributed by atoms with Crippen LogP contribution in [0.25, 0.3) is 0 Å². The second-order valence-corrected chi connectivity index (χ2v) is 8.34. The van der Waals surface area contributed by atoms with Crippen molar-refractivity contribution in [3.8, 4) is 0 Å². The Labute approximate surface area is 187 Å². The molecule has 0 aromatic heterocycles. The molecule has 2 N–H and O–H groups in total. The van der Waals surface area contributed by atoms with Crippen molar-refractivity contribution in [3.63, 3.8) is 0 Å². The lowest BCUT2D eigenvalue weighted by molar-refractivity contribution is -0.137. The summed E-state index contributed by atoms with van der Waals surface area (Å²) in [5, 5.41) is 4.49. The number of rotatable bonds is 6. The van der Waals surface area contributed by atoms with Crippen molar-refractivity contribution in [1.82, 2.24) is 10.2 Å². The fourth-order valence-electron chi connectivity index (χ4n) is 3.72. The lowest BCUT2D eigenvalue weighted by atomic mass is 9.82. The summed E-state index contributed by atoms with van der Waals surface area (Å²) in [5.41, 5.74) is -2.00. The van der Waals surface area contributed by atoms with Gasteiger partial charge in [0, 0.05) is 5.69 Å². The van der Waals surface area contributed by atoms with Gasteiger partial charge in [0.15, 0.2) is 0 Å². The van der Waals surface area contributed by atoms with Crippen LogP contribution in [0.15, 0.2) is 48.5 Å². The average Bonchev–Trinajstić information content (AvgIpc) is 2.93. The molecule has 10 heteroatoms. The minimum Gasteiger partial charge on any atom is -0.325 e. The summed E-state index contributed by atoms with van der Waals surface area (Å²) in [6.07, 6.45) is -4.39. The van der Waals surface area contributed by atoms with Crippen LogP contribution in [0.3, 0.4) is 0 Å². The first kappa shape index (κ1) is 23.6. The first-order valence-corrected chi connectivity index (χ1v) is 10.2. The highest BCUT2D eigenvalue weighted by molar-refractivity contribution is 6.31. The maximum absolute atomic E-state index is 13.3. The Hall–Kier alpha value is -3.07. The van der Waals surface area contributed by atoms with Gasteiger partial charge in [-0.25, -0.2) is 4.79 Å². The highest BCUT2D eigenvalue weighted by atomic mass is 35.5. The van der Waals surface area contributed by atoms with Gasteiger partial charge in [-0.1, -0.05) is 55.8 Å². The number of amides is 4. The van der Waals surface area contributed by atoms with Crippen molar-refractivity contribution < 1.29 is 27.6 Å². The van der Waals surface area contributed by atoms with Crippen LogP contribution < -0.4 is 10.6 Å². The Morgan fingerprint density at radius 1 is 1.16 bits per heavy atom. The van der Waals surface area contributed by atoms with Gasteiger partial charge >= 0.3 is 12.2 Å². The highest BCUT2D eigenvalue weighted by Crippen LogP contribution is 2.37. The average molecular weight is 468 g/mol. The van der Waals surface area contributed by atoms with Crippen LogP contribution in [0.4, 0.5) is 23.7 Å². The molecule has 1 aliphatic rings. The Bertz CT molecular complexity index is 1040. The lowest BCUT2D eigenvalue weighted by Crippen LogP contribution is -2.45. The summed E-state index contributed by atoms with van der Waals surface area (Å²) in [6, 6.07) is 10.9. The van der Waals surface area contributed by atoms with Gasteiger partial charge < -0.3 is 10.6 Å². The zero-order valence-corrected chi connectivity index (χ0v) is 18.1. The number of hydrogen-bond acceptors (Lipinski definition) is 3. The van der Waals surface area contributed by atoms with E-state index in [0.717, 1.165) is 11.0 Å². The predicted octanol–water partition coefficient (Wildman–Crippen LogP) is 4.79. The SMILES string of the molecule is CC(C)CC1(c2ccccc2)NC(=O)N(CC(=O)Nc2ccc(Cl)c(C(F)(F)F)c2)C1=O. The highest BCUT2D eigenvalue weighted by Gasteiger charge is 2.52. The third kappa shape index (κ3) is 4.72. The summed E-state index contributed by atoms with van der Waals surface area (Å²) in [7, 11) is 0. The summed E-state index contributed by atoms with van der Waals surface area (Å²) < 4.78 is 39.1. The molecule has 6 nitrogen and oxygen atoms in total. The first-order chi connectivity index (χ1) is 14.9. The predicted molar refractivity (Wildman–Crippen MR) is 113 cm³/mol. The molecule has 0 spiro atoms. The number of urea groups is 1. The van der Waals surface area contributed by atoms with Crippen molar-refractivity contribution in [2.45, 2.75) is 32.0 Å². The molecule has 1 atom stereocenters. The van der Waals surface area contributed by atoms with Crippen molar-refractivity contribution in [1.29, 1.82) is 0 Å². The van der Waals surface area contributed by atoms with E-state index in [0.29, 0.717) is 18.1 Å². The van der Waals surface area contributed by atoms with E-state index < -0.39 is 46.7 Å². The Balaban J connectivity index is 1.81. The van der Waals surface area contributed by atoms with E-state index >= 15 is 0 Å². The molecule has 1 saturated heterocycles. The molecule has 2 aromatic rings. The number of imide groups is 1. The van der Waals surface area contributed by atoms with Crippen molar-refractivity contribution in [2.24, 2.45) is 5.92 Å². The van der Waals surface area contributed by atoms with E-state index in [1.54, 1.807) is 30.3 Å². The van der Waals surface area contributed by atoms with Crippen molar-refractivity contribution >= 4 is 35.1 Å². The molecule has 32 heavy (non-hydrogen) atoms. The molecule has 3 rings (SSSR count). The molecular weight excluding hydrogens is 447 g/mol. The summed E-state index contributed by atoms with van der Waals surface area (Å²) in [5.74, 6) is -1.37. The van der Waals surface area contributed by atoms with Gasteiger partial charge in [0.05, 0.1) is 10.6 Å². The number of nitrogens with zero attached hydrogens (tertiary/aromatic N) is 1. The Kier molecular flexibility index (Phi) is 6.50. The largest absolute Gasteiger partial charge is 0.417 e. The molecule has 0 radical (unpaired) electrons. The fourth-order valence-corrected chi connectivity index (χ4v) is 3.95. The smallest absolute Gasteiger partial charge is 0.325 e. The zero-order valence-electron chi connectivity index (χ0n) is 17.3. The van der Waals surface area contributed by atoms with Gasteiger partial charge in [0.1, 0.15) is 12.1 Å². The number of halogens is 4. The summed E-state index contributed by atoms with van der Waals surface area (Å²) in [4.78, 5) is 39.2. The maximum Gasteiger partial charge on any atom is 0.417 e. The number of carbonyl (C=O) groups is 3. The van der Waals surface area contributed by atoms with Gasteiger partial charge in [-0.3, -0.25) is 14.5 Å². The number of alkyl halides is 3. The molecule has 0 bridgehead atoms. The van der Waals surface area contributed by atoms with E-state index in [-0.39, 0.29) is 11.6 Å². The Morgan fingerprint density at radius 2 is 1.81 bits per heavy atom. The first-order valence-electron chi connectivity index (χ1n) is 9.80. The molecule has 170 valence electrons. The molecule has 0 aliphatic carbocycles. The van der Waals surface area contributed by atoms with Crippen LogP contribution in [0.1, 0.15) is 31.4 Å². The van der Waals surface area contributed by atoms with E-state index in [1.807, 2.05) is 13.8 Å². The quantitative estimate of drug-likeness (QED) is 0.599. The number of anilines is 1. The van der Waals surface area contributed by atoms with Crippen molar-refractivity contribution in [3.05, 3.63) is 64.7 Å². The molecule has 1 unspecified atom stereocenters. The second kappa shape index (κ2) is 8.82. The zero-order chi connectivity index (χ0) is 23.7. The molecule has 1 heterocycles. The lowest BCUT2D eigenvalue weighted by Gasteiger charge is -2.29. The van der Waals surface area contributed by atoms with E-state index in [9.17, 15) is 27.6 Å². The normalized spacial score (nSPS) is 18.8. The van der Waals surface area contributed by atoms with Crippen LogP contribution in [0.2, 0.25) is 5.02 Å². The molecule has 0 saturated carbocycles. The van der Waals surface area contributed by atoms with Gasteiger partial charge in [0.25, 0.3) is 5.91 Å². The van der Waals surface area contributed by atoms with Gasteiger partial charge in [-0.05, 0) is 36.1 Å². The van der Waals surface area contributed by atoms with Gasteiger partial charge in [-0.2, -0.15) is 13.2 Å². The molecule has 2 aromatic carbocycles. The summed E-state index contributed by atoms with van der Waals surface area (Å²) >= 11 is 5.59.